The molecular weight excluding hydrogens is 292 g/mol. The smallest absolute Gasteiger partial charge is 0.184 e. The highest BCUT2D eigenvalue weighted by atomic mass is 28.4. The minimum Gasteiger partial charge on any atom is -0.412 e. The van der Waals surface area contributed by atoms with Crippen LogP contribution in [0.3, 0.4) is 0 Å². The van der Waals surface area contributed by atoms with Gasteiger partial charge in [0.15, 0.2) is 8.32 Å². The van der Waals surface area contributed by atoms with Crippen LogP contribution in [0.25, 0.3) is 0 Å². The molecule has 1 aromatic heterocycles. The van der Waals surface area contributed by atoms with Crippen LogP contribution >= 0.6 is 0 Å². The lowest BCUT2D eigenvalue weighted by Gasteiger charge is -2.16. The number of hydrogen-bond acceptors (Lipinski definition) is 7. The molecular formula is C12H24N4O4Si. The van der Waals surface area contributed by atoms with Crippen molar-refractivity contribution in [2.75, 3.05) is 6.61 Å². The average Bonchev–Trinajstić information content (AvgIpc) is 2.96. The molecule has 0 radical (unpaired) electrons. The Hall–Kier alpha value is -0.843. The van der Waals surface area contributed by atoms with Gasteiger partial charge in [-0.3, -0.25) is 4.68 Å². The molecule has 4 atom stereocenters. The van der Waals surface area contributed by atoms with Crippen LogP contribution in [0.15, 0.2) is 6.20 Å². The van der Waals surface area contributed by atoms with Crippen molar-refractivity contribution in [3.63, 3.8) is 0 Å². The third kappa shape index (κ3) is 4.31. The predicted molar refractivity (Wildman–Crippen MR) is 78.0 cm³/mol. The number of nitrogens with one attached hydrogen (secondary N) is 1. The molecule has 0 saturated carbocycles. The van der Waals surface area contributed by atoms with Gasteiger partial charge < -0.3 is 25.1 Å². The summed E-state index contributed by atoms with van der Waals surface area (Å²) in [6.07, 6.45) is -0.140. The second-order valence-corrected chi connectivity index (χ2v) is 10.9. The summed E-state index contributed by atoms with van der Waals surface area (Å²) in [6.45, 7) is 6.89. The molecule has 21 heavy (non-hydrogen) atoms. The fourth-order valence-corrected chi connectivity index (χ4v) is 2.84. The monoisotopic (exact) mass is 316 g/mol. The van der Waals surface area contributed by atoms with Crippen molar-refractivity contribution in [2.24, 2.45) is 0 Å². The van der Waals surface area contributed by atoms with Crippen LogP contribution in [0.2, 0.25) is 19.6 Å². The van der Waals surface area contributed by atoms with Crippen molar-refractivity contribution < 1.29 is 19.7 Å². The summed E-state index contributed by atoms with van der Waals surface area (Å²) in [4.78, 5) is 0. The zero-order chi connectivity index (χ0) is 15.6. The Labute approximate surface area is 124 Å². The summed E-state index contributed by atoms with van der Waals surface area (Å²) in [6, 6.07) is -0.882. The Morgan fingerprint density at radius 3 is 2.52 bits per heavy atom. The maximum atomic E-state index is 9.93. The molecule has 2 heterocycles. The van der Waals surface area contributed by atoms with Gasteiger partial charge in [0.1, 0.15) is 5.69 Å². The topological polar surface area (TPSA) is 113 Å². The van der Waals surface area contributed by atoms with E-state index in [-0.39, 0.29) is 12.6 Å². The van der Waals surface area contributed by atoms with Gasteiger partial charge in [-0.25, -0.2) is 0 Å². The van der Waals surface area contributed by atoms with E-state index in [1.54, 1.807) is 10.9 Å². The van der Waals surface area contributed by atoms with Crippen molar-refractivity contribution in [2.45, 2.75) is 57.1 Å². The zero-order valence-corrected chi connectivity index (χ0v) is 13.6. The molecule has 4 N–H and O–H groups in total. The number of aromatic nitrogens is 3. The maximum absolute atomic E-state index is 9.93. The molecule has 0 aliphatic carbocycles. The van der Waals surface area contributed by atoms with E-state index < -0.39 is 26.6 Å². The third-order valence-electron chi connectivity index (χ3n) is 3.42. The molecule has 120 valence electrons. The van der Waals surface area contributed by atoms with Gasteiger partial charge in [-0.1, -0.05) is 5.21 Å². The minimum absolute atomic E-state index is 0.221. The normalized spacial score (nSPS) is 30.0. The average molecular weight is 316 g/mol. The fourth-order valence-electron chi connectivity index (χ4n) is 2.26. The van der Waals surface area contributed by atoms with Gasteiger partial charge in [-0.2, -0.15) is 0 Å². The number of aliphatic hydroxyl groups excluding tert-OH is 3. The molecule has 0 unspecified atom stereocenters. The molecule has 1 aromatic rings. The largest absolute Gasteiger partial charge is 0.412 e. The Balaban J connectivity index is 1.91. The Kier molecular flexibility index (Phi) is 5.12. The molecule has 0 spiro atoms. The molecule has 8 nitrogen and oxygen atoms in total. The Bertz CT molecular complexity index is 464. The van der Waals surface area contributed by atoms with Gasteiger partial charge in [0.25, 0.3) is 0 Å². The first kappa shape index (κ1) is 16.5. The lowest BCUT2D eigenvalue weighted by Crippen LogP contribution is -2.38. The van der Waals surface area contributed by atoms with Gasteiger partial charge in [0.2, 0.25) is 0 Å². The molecule has 9 heteroatoms. The number of aliphatic hydroxyl groups is 3. The quantitative estimate of drug-likeness (QED) is 0.482. The highest BCUT2D eigenvalue weighted by Gasteiger charge is 2.40. The summed E-state index contributed by atoms with van der Waals surface area (Å²) >= 11 is 0. The van der Waals surface area contributed by atoms with Gasteiger partial charge in [0.05, 0.1) is 50.2 Å². The van der Waals surface area contributed by atoms with Crippen LogP contribution in [-0.2, 0) is 17.6 Å². The highest BCUT2D eigenvalue weighted by Crippen LogP contribution is 2.16. The number of rotatable bonds is 6. The molecule has 1 aliphatic rings. The van der Waals surface area contributed by atoms with Gasteiger partial charge in [0, 0.05) is 0 Å². The predicted octanol–water partition coefficient (Wildman–Crippen LogP) is -1.32. The van der Waals surface area contributed by atoms with Crippen molar-refractivity contribution in [1.82, 2.24) is 20.3 Å². The number of nitrogens with zero attached hydrogens (tertiary/aromatic N) is 3. The zero-order valence-electron chi connectivity index (χ0n) is 12.6. The standard InChI is InChI=1S/C12H24N4O4Si/c1-21(2,3)20-7-8-4-16(15-14-8)5-9-11(18)12(19)10(6-17)13-9/h4,9-13,17-19H,5-7H2,1-3H3/t9-,10-,11-,12-/m1/s1. The molecule has 0 amide bonds. The van der Waals surface area contributed by atoms with Gasteiger partial charge >= 0.3 is 0 Å². The van der Waals surface area contributed by atoms with Crippen LogP contribution in [0.5, 0.6) is 0 Å². The molecule has 0 aromatic carbocycles. The van der Waals surface area contributed by atoms with Crippen molar-refractivity contribution in [3.05, 3.63) is 11.9 Å². The molecule has 0 bridgehead atoms. The van der Waals surface area contributed by atoms with Crippen LogP contribution in [0.1, 0.15) is 5.69 Å². The lowest BCUT2D eigenvalue weighted by molar-refractivity contribution is 0.0175. The van der Waals surface area contributed by atoms with E-state index >= 15 is 0 Å². The third-order valence-corrected chi connectivity index (χ3v) is 4.43. The van der Waals surface area contributed by atoms with Crippen molar-refractivity contribution in [1.29, 1.82) is 0 Å². The number of hydrogen-bond donors (Lipinski definition) is 4. The minimum atomic E-state index is -1.59. The van der Waals surface area contributed by atoms with E-state index in [1.807, 2.05) is 0 Å². The first-order valence-electron chi connectivity index (χ1n) is 7.06. The fraction of sp³-hybridized carbons (Fsp3) is 0.833. The van der Waals surface area contributed by atoms with Crippen LogP contribution in [-0.4, -0.2) is 69.5 Å². The van der Waals surface area contributed by atoms with Crippen LogP contribution in [0.4, 0.5) is 0 Å². The van der Waals surface area contributed by atoms with Gasteiger partial charge in [-0.15, -0.1) is 5.10 Å². The second kappa shape index (κ2) is 6.51. The maximum Gasteiger partial charge on any atom is 0.184 e. The van der Waals surface area contributed by atoms with E-state index in [0.29, 0.717) is 13.2 Å². The summed E-state index contributed by atoms with van der Waals surface area (Å²) in [5.74, 6) is 0. The lowest BCUT2D eigenvalue weighted by atomic mass is 10.1. The Morgan fingerprint density at radius 1 is 1.29 bits per heavy atom. The van der Waals surface area contributed by atoms with Crippen molar-refractivity contribution >= 4 is 8.32 Å². The SMILES string of the molecule is C[Si](C)(C)OCc1cn(C[C@H]2N[C@H](CO)[C@@H](O)[C@@H]2O)nn1. The van der Waals surface area contributed by atoms with E-state index in [4.69, 9.17) is 9.53 Å². The summed E-state index contributed by atoms with van der Waals surface area (Å²) in [5, 5.41) is 39.8. The van der Waals surface area contributed by atoms with E-state index in [1.165, 1.54) is 0 Å². The van der Waals surface area contributed by atoms with E-state index in [9.17, 15) is 10.2 Å². The van der Waals surface area contributed by atoms with Crippen molar-refractivity contribution in [3.8, 4) is 0 Å². The highest BCUT2D eigenvalue weighted by molar-refractivity contribution is 6.69. The molecule has 1 saturated heterocycles. The molecule has 1 aliphatic heterocycles. The molecule has 1 fully saturated rings. The molecule has 2 rings (SSSR count). The van der Waals surface area contributed by atoms with E-state index in [0.717, 1.165) is 5.69 Å². The summed E-state index contributed by atoms with van der Waals surface area (Å²) < 4.78 is 7.36. The second-order valence-electron chi connectivity index (χ2n) is 6.38. The summed E-state index contributed by atoms with van der Waals surface area (Å²) in [5.41, 5.74) is 0.740. The Morgan fingerprint density at radius 2 is 1.95 bits per heavy atom. The van der Waals surface area contributed by atoms with Crippen LogP contribution < -0.4 is 5.32 Å². The van der Waals surface area contributed by atoms with E-state index in [2.05, 4.69) is 35.3 Å². The first-order chi connectivity index (χ1) is 9.80. The van der Waals surface area contributed by atoms with Crippen LogP contribution in [0, 0.1) is 0 Å². The summed E-state index contributed by atoms with van der Waals surface area (Å²) in [7, 11) is -1.59. The first-order valence-corrected chi connectivity index (χ1v) is 10.5. The van der Waals surface area contributed by atoms with Gasteiger partial charge in [-0.05, 0) is 19.6 Å².